The number of hydrogen-bond acceptors (Lipinski definition) is 4. The van der Waals surface area contributed by atoms with E-state index in [2.05, 4.69) is 56.7 Å². The van der Waals surface area contributed by atoms with E-state index in [1.807, 2.05) is 12.4 Å². The van der Waals surface area contributed by atoms with Crippen LogP contribution < -0.4 is 11.1 Å². The Hall–Kier alpha value is -3.22. The highest BCUT2D eigenvalue weighted by Gasteiger charge is 2.38. The maximum Gasteiger partial charge on any atom is 0.123 e. The summed E-state index contributed by atoms with van der Waals surface area (Å²) in [6, 6.07) is 14.6. The zero-order chi connectivity index (χ0) is 25.2. The van der Waals surface area contributed by atoms with E-state index in [1.165, 1.54) is 79.2 Å². The molecule has 4 unspecified atom stereocenters. The molecule has 2 saturated carbocycles. The summed E-state index contributed by atoms with van der Waals surface area (Å²) in [5, 5.41) is 3.81. The molecule has 2 aromatic heterocycles. The molecule has 3 aliphatic carbocycles. The number of hydrogen-bond donors (Lipinski definition) is 4. The van der Waals surface area contributed by atoms with Crippen molar-refractivity contribution in [3.8, 4) is 44.8 Å². The molecule has 3 fully saturated rings. The number of nitrogens with zero attached hydrogens (tertiary/aromatic N) is 2. The number of benzene rings is 2. The van der Waals surface area contributed by atoms with Crippen molar-refractivity contribution in [1.29, 1.82) is 0 Å². The second-order valence-electron chi connectivity index (χ2n) is 12.1. The van der Waals surface area contributed by atoms with Crippen molar-refractivity contribution in [3.63, 3.8) is 0 Å². The summed E-state index contributed by atoms with van der Waals surface area (Å²) < 4.78 is 0. The molecule has 0 bridgehead atoms. The van der Waals surface area contributed by atoms with E-state index in [9.17, 15) is 0 Å². The van der Waals surface area contributed by atoms with Crippen LogP contribution >= 0.6 is 0 Å². The van der Waals surface area contributed by atoms with Gasteiger partial charge < -0.3 is 21.0 Å². The Bertz CT molecular complexity index is 1480. The maximum absolute atomic E-state index is 6.51. The van der Waals surface area contributed by atoms with Gasteiger partial charge in [-0.15, -0.1) is 0 Å². The van der Waals surface area contributed by atoms with E-state index in [-0.39, 0.29) is 6.04 Å². The lowest BCUT2D eigenvalue weighted by Crippen LogP contribution is -2.24. The first-order valence-electron chi connectivity index (χ1n) is 14.6. The highest BCUT2D eigenvalue weighted by atomic mass is 15.1. The van der Waals surface area contributed by atoms with Crippen molar-refractivity contribution in [1.82, 2.24) is 25.3 Å². The van der Waals surface area contributed by atoms with Crippen molar-refractivity contribution in [2.45, 2.75) is 75.9 Å². The topological polar surface area (TPSA) is 95.4 Å². The van der Waals surface area contributed by atoms with E-state index >= 15 is 0 Å². The highest BCUT2D eigenvalue weighted by Crippen LogP contribution is 2.49. The molecule has 8 rings (SSSR count). The average Bonchev–Trinajstić information content (AvgIpc) is 3.75. The Labute approximate surface area is 223 Å². The Morgan fingerprint density at radius 2 is 1.50 bits per heavy atom. The summed E-state index contributed by atoms with van der Waals surface area (Å²) in [6.07, 6.45) is 15.6. The van der Waals surface area contributed by atoms with Gasteiger partial charge in [0.25, 0.3) is 0 Å². The summed E-state index contributed by atoms with van der Waals surface area (Å²) in [5.74, 6) is 3.58. The number of imidazole rings is 2. The number of fused-ring (bicyclic) bond motifs is 5. The molecule has 1 aliphatic heterocycles. The molecule has 1 saturated heterocycles. The quantitative estimate of drug-likeness (QED) is 0.202. The van der Waals surface area contributed by atoms with Gasteiger partial charge in [0, 0.05) is 17.2 Å². The summed E-state index contributed by atoms with van der Waals surface area (Å²) in [5.41, 5.74) is 16.3. The second kappa shape index (κ2) is 8.92. The minimum Gasteiger partial charge on any atom is -0.341 e. The Morgan fingerprint density at radius 3 is 2.24 bits per heavy atom. The number of aromatic nitrogens is 4. The fourth-order valence-electron chi connectivity index (χ4n) is 7.68. The van der Waals surface area contributed by atoms with E-state index < -0.39 is 0 Å². The van der Waals surface area contributed by atoms with Gasteiger partial charge in [-0.25, -0.2) is 9.97 Å². The van der Waals surface area contributed by atoms with Crippen LogP contribution in [0, 0.1) is 11.8 Å². The first kappa shape index (κ1) is 22.7. The Balaban J connectivity index is 0.991. The van der Waals surface area contributed by atoms with Crippen LogP contribution in [0.25, 0.3) is 44.8 Å². The predicted molar refractivity (Wildman–Crippen MR) is 151 cm³/mol. The second-order valence-corrected chi connectivity index (χ2v) is 12.1. The van der Waals surface area contributed by atoms with Crippen molar-refractivity contribution in [3.05, 3.63) is 60.4 Å². The molecular formula is C32H36N6. The lowest BCUT2D eigenvalue weighted by molar-refractivity contribution is 0.441. The largest absolute Gasteiger partial charge is 0.341 e. The van der Waals surface area contributed by atoms with Crippen LogP contribution in [0.5, 0.6) is 0 Å². The first-order chi connectivity index (χ1) is 18.7. The van der Waals surface area contributed by atoms with Crippen molar-refractivity contribution >= 4 is 0 Å². The maximum atomic E-state index is 6.51. The Morgan fingerprint density at radius 1 is 0.789 bits per heavy atom. The van der Waals surface area contributed by atoms with E-state index in [0.717, 1.165) is 46.9 Å². The van der Waals surface area contributed by atoms with Crippen molar-refractivity contribution in [2.75, 3.05) is 0 Å². The number of nitrogens with one attached hydrogen (secondary N) is 3. The molecule has 3 heterocycles. The van der Waals surface area contributed by atoms with Crippen LogP contribution in [-0.2, 0) is 0 Å². The average molecular weight is 505 g/mol. The standard InChI is InChI=1S/C32H36N6/c33-26(12-18-4-1-2-5-18)31-34-16-29(37-31)20-8-10-22-24(13-20)23-11-9-21(14-25(22)23)30-17-35-32(38-30)28-15-19-6-3-7-27(19)36-28/h8-11,13-14,16-19,26-28,36H,1-7,12,15,33H2,(H,34,37)(H,35,38). The predicted octanol–water partition coefficient (Wildman–Crippen LogP) is 6.90. The van der Waals surface area contributed by atoms with Crippen molar-refractivity contribution in [2.24, 2.45) is 17.6 Å². The molecule has 0 radical (unpaired) electrons. The number of H-pyrrole nitrogens is 2. The molecule has 5 N–H and O–H groups in total. The monoisotopic (exact) mass is 504 g/mol. The van der Waals surface area contributed by atoms with Crippen LogP contribution in [0.4, 0.5) is 0 Å². The SMILES string of the molecule is NC(CC1CCCC1)c1ncc(-c2ccc3c(c2)-c2ccc(-c4cnc(C5CC6CCCC6N5)[nH]4)cc2-3)[nH]1. The molecule has 6 heteroatoms. The van der Waals surface area contributed by atoms with Crippen LogP contribution in [0.15, 0.2) is 48.8 Å². The molecule has 6 nitrogen and oxygen atoms in total. The fourth-order valence-corrected chi connectivity index (χ4v) is 7.68. The first-order valence-corrected chi connectivity index (χ1v) is 14.6. The van der Waals surface area contributed by atoms with Gasteiger partial charge in [0.2, 0.25) is 0 Å². The lowest BCUT2D eigenvalue weighted by Gasteiger charge is -2.25. The van der Waals surface area contributed by atoms with Gasteiger partial charge in [-0.1, -0.05) is 56.4 Å². The van der Waals surface area contributed by atoms with E-state index in [1.54, 1.807) is 0 Å². The zero-order valence-corrected chi connectivity index (χ0v) is 21.8. The third-order valence-corrected chi connectivity index (χ3v) is 9.79. The number of nitrogens with two attached hydrogens (primary N) is 1. The van der Waals surface area contributed by atoms with E-state index in [4.69, 9.17) is 10.7 Å². The smallest absolute Gasteiger partial charge is 0.123 e. The molecule has 38 heavy (non-hydrogen) atoms. The minimum atomic E-state index is -0.00951. The van der Waals surface area contributed by atoms with Gasteiger partial charge in [-0.3, -0.25) is 0 Å². The lowest BCUT2D eigenvalue weighted by atomic mass is 9.78. The molecule has 2 aromatic carbocycles. The molecule has 4 atom stereocenters. The van der Waals surface area contributed by atoms with Gasteiger partial charge in [-0.2, -0.15) is 0 Å². The molecule has 0 spiro atoms. The molecule has 0 amide bonds. The zero-order valence-electron chi connectivity index (χ0n) is 21.8. The summed E-state index contributed by atoms with van der Waals surface area (Å²) in [6.45, 7) is 0. The molecular weight excluding hydrogens is 468 g/mol. The van der Waals surface area contributed by atoms with Gasteiger partial charge in [0.15, 0.2) is 0 Å². The van der Waals surface area contributed by atoms with Crippen LogP contribution in [0.3, 0.4) is 0 Å². The molecule has 194 valence electrons. The molecule has 4 aromatic rings. The van der Waals surface area contributed by atoms with Crippen molar-refractivity contribution < 1.29 is 0 Å². The third-order valence-electron chi connectivity index (χ3n) is 9.79. The van der Waals surface area contributed by atoms with Crippen LogP contribution in [0.1, 0.15) is 81.5 Å². The van der Waals surface area contributed by atoms with Crippen LogP contribution in [-0.4, -0.2) is 26.0 Å². The van der Waals surface area contributed by atoms with Gasteiger partial charge in [0.1, 0.15) is 11.6 Å². The summed E-state index contributed by atoms with van der Waals surface area (Å²) in [7, 11) is 0. The number of rotatable bonds is 6. The normalized spacial score (nSPS) is 24.7. The van der Waals surface area contributed by atoms with Gasteiger partial charge in [-0.05, 0) is 71.9 Å². The fraction of sp³-hybridized carbons (Fsp3) is 0.438. The minimum absolute atomic E-state index is 0.00951. The summed E-state index contributed by atoms with van der Waals surface area (Å²) in [4.78, 5) is 16.6. The Kier molecular flexibility index (Phi) is 5.34. The molecule has 4 aliphatic rings. The third kappa shape index (κ3) is 3.76. The highest BCUT2D eigenvalue weighted by molar-refractivity contribution is 6.04. The van der Waals surface area contributed by atoms with Gasteiger partial charge >= 0.3 is 0 Å². The van der Waals surface area contributed by atoms with E-state index in [0.29, 0.717) is 12.1 Å². The summed E-state index contributed by atoms with van der Waals surface area (Å²) >= 11 is 0. The number of aromatic amines is 2. The van der Waals surface area contributed by atoms with Crippen LogP contribution in [0.2, 0.25) is 0 Å². The van der Waals surface area contributed by atoms with Gasteiger partial charge in [0.05, 0.1) is 35.9 Å².